The van der Waals surface area contributed by atoms with Crippen molar-refractivity contribution in [3.63, 3.8) is 0 Å². The number of halogens is 1. The Morgan fingerprint density at radius 3 is 2.16 bits per heavy atom. The molecule has 0 aliphatic rings. The van der Waals surface area contributed by atoms with Crippen LogP contribution in [0.25, 0.3) is 22.8 Å². The predicted octanol–water partition coefficient (Wildman–Crippen LogP) is 3.65. The van der Waals surface area contributed by atoms with Crippen LogP contribution in [0.1, 0.15) is 25.5 Å². The first kappa shape index (κ1) is 26.7. The summed E-state index contributed by atoms with van der Waals surface area (Å²) in [5.74, 6) is 0.408. The lowest BCUT2D eigenvalue weighted by Crippen LogP contribution is -2.14. The van der Waals surface area contributed by atoms with Crippen LogP contribution in [0.2, 0.25) is 0 Å². The molecule has 3 aromatic heterocycles. The molecule has 4 aromatic rings. The number of rotatable bonds is 9. The zero-order chi connectivity index (χ0) is 27.4. The maximum atomic E-state index is 13.6. The Morgan fingerprint density at radius 1 is 0.921 bits per heavy atom. The molecule has 0 amide bonds. The molecule has 38 heavy (non-hydrogen) atoms. The van der Waals surface area contributed by atoms with Gasteiger partial charge in [-0.05, 0) is 32.0 Å². The van der Waals surface area contributed by atoms with Gasteiger partial charge in [-0.15, -0.1) is 10.2 Å². The highest BCUT2D eigenvalue weighted by molar-refractivity contribution is 7.94. The van der Waals surface area contributed by atoms with Gasteiger partial charge < -0.3 is 14.2 Å². The van der Waals surface area contributed by atoms with Crippen LogP contribution in [-0.2, 0) is 15.6 Å². The summed E-state index contributed by atoms with van der Waals surface area (Å²) in [5.41, 5.74) is 1.06. The molecule has 4 rings (SSSR count). The topological polar surface area (TPSA) is 131 Å². The highest BCUT2D eigenvalue weighted by Crippen LogP contribution is 2.37. The summed E-state index contributed by atoms with van der Waals surface area (Å²) in [4.78, 5) is 12.2. The van der Waals surface area contributed by atoms with E-state index in [1.54, 1.807) is 43.3 Å². The Bertz CT molecular complexity index is 1580. The summed E-state index contributed by atoms with van der Waals surface area (Å²) in [6, 6.07) is 10.3. The molecule has 0 bridgehead atoms. The van der Waals surface area contributed by atoms with Crippen molar-refractivity contribution >= 4 is 15.4 Å². The number of pyridine rings is 1. The lowest BCUT2D eigenvalue weighted by atomic mass is 10.2. The van der Waals surface area contributed by atoms with Gasteiger partial charge in [0.1, 0.15) is 28.6 Å². The van der Waals surface area contributed by atoms with E-state index in [0.29, 0.717) is 28.8 Å². The van der Waals surface area contributed by atoms with Gasteiger partial charge in [0.05, 0.1) is 33.7 Å². The largest absolute Gasteiger partial charge is 0.494 e. The fraction of sp³-hybridized carbons (Fsp3) is 0.240. The number of methoxy groups -OCH3 is 3. The molecule has 3 heterocycles. The monoisotopic (exact) mass is 540 g/mol. The minimum atomic E-state index is -3.97. The van der Waals surface area contributed by atoms with E-state index in [1.165, 1.54) is 32.8 Å². The summed E-state index contributed by atoms with van der Waals surface area (Å²) < 4.78 is 58.3. The first-order chi connectivity index (χ1) is 18.2. The highest BCUT2D eigenvalue weighted by atomic mass is 32.2. The number of hydrogen-bond acceptors (Lipinski definition) is 10. The lowest BCUT2D eigenvalue weighted by molar-refractivity contribution is 0.390. The zero-order valence-corrected chi connectivity index (χ0v) is 22.2. The van der Waals surface area contributed by atoms with Crippen molar-refractivity contribution in [2.24, 2.45) is 0 Å². The highest BCUT2D eigenvalue weighted by Gasteiger charge is 2.28. The van der Waals surface area contributed by atoms with Crippen molar-refractivity contribution < 1.29 is 27.0 Å². The molecule has 0 saturated heterocycles. The standard InChI is InChI=1S/C25H25FN6O5S/c1-15(24-27-12-17(26)13-28-24)16(2)38(33,34)14-21-30-31-25(18-8-6-11-22(29-18)37-5)32(21)23-19(35-3)9-7-10-20(23)36-4/h6-13H,14H2,1-5H3/b16-15+. The molecule has 11 nitrogen and oxygen atoms in total. The van der Waals surface area contributed by atoms with Gasteiger partial charge in [-0.1, -0.05) is 12.1 Å². The second-order valence-electron chi connectivity index (χ2n) is 8.02. The molecule has 0 spiro atoms. The van der Waals surface area contributed by atoms with Crippen molar-refractivity contribution in [2.45, 2.75) is 19.6 Å². The molecule has 0 saturated carbocycles. The van der Waals surface area contributed by atoms with E-state index in [-0.39, 0.29) is 28.0 Å². The SMILES string of the molecule is COc1cccc(-c2nnc(CS(=O)(=O)/C(C)=C(\C)c3ncc(F)cn3)n2-c2c(OC)cccc2OC)n1. The van der Waals surface area contributed by atoms with E-state index in [4.69, 9.17) is 14.2 Å². The van der Waals surface area contributed by atoms with Gasteiger partial charge in [0.25, 0.3) is 0 Å². The van der Waals surface area contributed by atoms with Crippen LogP contribution in [0.4, 0.5) is 4.39 Å². The summed E-state index contributed by atoms with van der Waals surface area (Å²) in [6.07, 6.45) is 1.95. The number of nitrogens with zero attached hydrogens (tertiary/aromatic N) is 6. The van der Waals surface area contributed by atoms with Gasteiger partial charge in [-0.25, -0.2) is 27.8 Å². The second-order valence-corrected chi connectivity index (χ2v) is 10.1. The normalized spacial score (nSPS) is 12.2. The zero-order valence-electron chi connectivity index (χ0n) is 21.3. The number of hydrogen-bond donors (Lipinski definition) is 0. The summed E-state index contributed by atoms with van der Waals surface area (Å²) in [6.45, 7) is 2.99. The fourth-order valence-corrected chi connectivity index (χ4v) is 4.99. The third-order valence-electron chi connectivity index (χ3n) is 5.79. The van der Waals surface area contributed by atoms with Crippen molar-refractivity contribution in [1.82, 2.24) is 29.7 Å². The Kier molecular flexibility index (Phi) is 7.67. The van der Waals surface area contributed by atoms with Crippen LogP contribution in [0.5, 0.6) is 17.4 Å². The number of aromatic nitrogens is 6. The van der Waals surface area contributed by atoms with Gasteiger partial charge >= 0.3 is 0 Å². The average molecular weight is 541 g/mol. The van der Waals surface area contributed by atoms with Gasteiger partial charge in [-0.2, -0.15) is 0 Å². The number of ether oxygens (including phenoxy) is 3. The summed E-state index contributed by atoms with van der Waals surface area (Å²) >= 11 is 0. The lowest BCUT2D eigenvalue weighted by Gasteiger charge is -2.17. The predicted molar refractivity (Wildman–Crippen MR) is 137 cm³/mol. The fourth-order valence-electron chi connectivity index (χ4n) is 3.69. The molecular weight excluding hydrogens is 515 g/mol. The van der Waals surface area contributed by atoms with E-state index in [2.05, 4.69) is 25.1 Å². The molecule has 0 N–H and O–H groups in total. The summed E-state index contributed by atoms with van der Waals surface area (Å²) in [7, 11) is 0.495. The van der Waals surface area contributed by atoms with Crippen LogP contribution >= 0.6 is 0 Å². The molecule has 0 atom stereocenters. The number of para-hydroxylation sites is 1. The summed E-state index contributed by atoms with van der Waals surface area (Å²) in [5, 5.41) is 8.51. The van der Waals surface area contributed by atoms with Crippen LogP contribution in [0.15, 0.2) is 53.7 Å². The van der Waals surface area contributed by atoms with E-state index in [9.17, 15) is 12.8 Å². The van der Waals surface area contributed by atoms with E-state index in [1.807, 2.05) is 0 Å². The third-order valence-corrected chi connectivity index (χ3v) is 7.66. The number of sulfone groups is 1. The average Bonchev–Trinajstić information content (AvgIpc) is 3.34. The Morgan fingerprint density at radius 2 is 1.55 bits per heavy atom. The number of benzene rings is 1. The van der Waals surface area contributed by atoms with Gasteiger partial charge in [0, 0.05) is 16.5 Å². The Hall–Kier alpha value is -4.39. The second kappa shape index (κ2) is 10.9. The Labute approximate surface area is 218 Å². The van der Waals surface area contributed by atoms with Crippen molar-refractivity contribution in [3.05, 3.63) is 71.2 Å². The van der Waals surface area contributed by atoms with E-state index in [0.717, 1.165) is 12.4 Å². The van der Waals surface area contributed by atoms with Crippen LogP contribution in [0.3, 0.4) is 0 Å². The first-order valence-electron chi connectivity index (χ1n) is 11.3. The molecule has 198 valence electrons. The Balaban J connectivity index is 1.90. The minimum absolute atomic E-state index is 0.00621. The van der Waals surface area contributed by atoms with Crippen LogP contribution in [-0.4, -0.2) is 59.5 Å². The smallest absolute Gasteiger partial charge is 0.213 e. The molecule has 13 heteroatoms. The molecular formula is C25H25FN6O5S. The first-order valence-corrected chi connectivity index (χ1v) is 12.9. The van der Waals surface area contributed by atoms with Crippen molar-refractivity contribution in [3.8, 4) is 34.6 Å². The molecule has 0 aliphatic heterocycles. The van der Waals surface area contributed by atoms with Gasteiger partial charge in [0.2, 0.25) is 5.88 Å². The molecule has 0 radical (unpaired) electrons. The van der Waals surface area contributed by atoms with Crippen molar-refractivity contribution in [1.29, 1.82) is 0 Å². The maximum Gasteiger partial charge on any atom is 0.213 e. The van der Waals surface area contributed by atoms with Crippen LogP contribution < -0.4 is 14.2 Å². The van der Waals surface area contributed by atoms with E-state index >= 15 is 0 Å². The van der Waals surface area contributed by atoms with Crippen LogP contribution in [0, 0.1) is 5.82 Å². The third kappa shape index (κ3) is 5.18. The number of allylic oxidation sites excluding steroid dienone is 2. The van der Waals surface area contributed by atoms with Gasteiger partial charge in [-0.3, -0.25) is 4.57 Å². The quantitative estimate of drug-likeness (QED) is 0.310. The minimum Gasteiger partial charge on any atom is -0.494 e. The maximum absolute atomic E-state index is 13.6. The molecule has 0 aliphatic carbocycles. The van der Waals surface area contributed by atoms with Crippen molar-refractivity contribution in [2.75, 3.05) is 21.3 Å². The van der Waals surface area contributed by atoms with E-state index < -0.39 is 21.4 Å². The van der Waals surface area contributed by atoms with Gasteiger partial charge in [0.15, 0.2) is 33.1 Å². The molecule has 0 fully saturated rings. The molecule has 0 unspecified atom stereocenters. The molecule has 1 aromatic carbocycles.